The molecule has 0 N–H and O–H groups in total. The van der Waals surface area contributed by atoms with Gasteiger partial charge in [0.25, 0.3) is 6.43 Å². The van der Waals surface area contributed by atoms with Crippen molar-refractivity contribution in [1.29, 1.82) is 0 Å². The largest absolute Gasteiger partial charge is 0.289 e. The molecular formula is C17H11ClF2N4S. The SMILES string of the molecule is FC(F)c1nc2ccc([C@@H]3C[C@@H]3c3cc(Cl)nn4ccnc34)cc2s1. The Bertz CT molecular complexity index is 1110. The summed E-state index contributed by atoms with van der Waals surface area (Å²) in [4.78, 5) is 8.36. The fourth-order valence-electron chi connectivity index (χ4n) is 3.37. The fourth-order valence-corrected chi connectivity index (χ4v) is 4.44. The van der Waals surface area contributed by atoms with Gasteiger partial charge in [-0.2, -0.15) is 5.10 Å². The molecule has 4 nitrogen and oxygen atoms in total. The zero-order valence-electron chi connectivity index (χ0n) is 12.7. The summed E-state index contributed by atoms with van der Waals surface area (Å²) >= 11 is 7.18. The molecule has 0 spiro atoms. The predicted molar refractivity (Wildman–Crippen MR) is 92.7 cm³/mol. The number of alkyl halides is 2. The van der Waals surface area contributed by atoms with Crippen molar-refractivity contribution in [2.75, 3.05) is 0 Å². The number of imidazole rings is 1. The number of rotatable bonds is 3. The van der Waals surface area contributed by atoms with Gasteiger partial charge in [-0.1, -0.05) is 17.7 Å². The third-order valence-corrected chi connectivity index (χ3v) is 5.80. The Hall–Kier alpha value is -2.12. The van der Waals surface area contributed by atoms with E-state index in [1.54, 1.807) is 16.9 Å². The molecule has 0 radical (unpaired) electrons. The Morgan fingerprint density at radius 3 is 2.96 bits per heavy atom. The molecule has 1 aromatic carbocycles. The molecule has 4 aromatic rings. The minimum atomic E-state index is -2.53. The molecule has 0 aliphatic heterocycles. The van der Waals surface area contributed by atoms with Gasteiger partial charge in [-0.3, -0.25) is 0 Å². The molecule has 5 rings (SSSR count). The van der Waals surface area contributed by atoms with Crippen LogP contribution in [0.5, 0.6) is 0 Å². The number of benzene rings is 1. The Kier molecular flexibility index (Phi) is 3.30. The van der Waals surface area contributed by atoms with E-state index in [9.17, 15) is 8.78 Å². The molecule has 0 amide bonds. The van der Waals surface area contributed by atoms with Gasteiger partial charge in [0.2, 0.25) is 0 Å². The van der Waals surface area contributed by atoms with Gasteiger partial charge in [0.15, 0.2) is 10.7 Å². The summed E-state index contributed by atoms with van der Waals surface area (Å²) in [5.74, 6) is 0.644. The van der Waals surface area contributed by atoms with Gasteiger partial charge >= 0.3 is 0 Å². The number of hydrogen-bond donors (Lipinski definition) is 0. The quantitative estimate of drug-likeness (QED) is 0.493. The zero-order valence-corrected chi connectivity index (χ0v) is 14.3. The van der Waals surface area contributed by atoms with E-state index < -0.39 is 6.43 Å². The van der Waals surface area contributed by atoms with E-state index in [0.29, 0.717) is 22.5 Å². The number of halogens is 3. The maximum atomic E-state index is 12.8. The number of fused-ring (bicyclic) bond motifs is 2. The smallest absolute Gasteiger partial charge is 0.235 e. The minimum Gasteiger partial charge on any atom is -0.235 e. The van der Waals surface area contributed by atoms with Crippen LogP contribution in [0.1, 0.15) is 40.8 Å². The van der Waals surface area contributed by atoms with Gasteiger partial charge in [0.05, 0.1) is 10.2 Å². The first-order valence-electron chi connectivity index (χ1n) is 7.78. The maximum absolute atomic E-state index is 12.8. The van der Waals surface area contributed by atoms with Crippen LogP contribution in [0.3, 0.4) is 0 Å². The fraction of sp³-hybridized carbons (Fsp3) is 0.235. The Balaban J connectivity index is 1.51. The second kappa shape index (κ2) is 5.44. The molecule has 3 heterocycles. The molecular weight excluding hydrogens is 366 g/mol. The third-order valence-electron chi connectivity index (χ3n) is 4.59. The van der Waals surface area contributed by atoms with E-state index in [0.717, 1.165) is 39.2 Å². The number of nitrogens with zero attached hydrogens (tertiary/aromatic N) is 4. The molecule has 1 fully saturated rings. The summed E-state index contributed by atoms with van der Waals surface area (Å²) in [5, 5.41) is 4.52. The van der Waals surface area contributed by atoms with Gasteiger partial charge in [-0.05, 0) is 42.0 Å². The van der Waals surface area contributed by atoms with Crippen molar-refractivity contribution in [3.05, 3.63) is 57.9 Å². The molecule has 0 saturated heterocycles. The highest BCUT2D eigenvalue weighted by Crippen LogP contribution is 2.56. The van der Waals surface area contributed by atoms with E-state index in [1.807, 2.05) is 24.3 Å². The van der Waals surface area contributed by atoms with Crippen molar-refractivity contribution in [2.24, 2.45) is 0 Å². The first-order chi connectivity index (χ1) is 12.1. The van der Waals surface area contributed by atoms with Crippen LogP contribution in [0, 0.1) is 0 Å². The zero-order chi connectivity index (χ0) is 17.1. The highest BCUT2D eigenvalue weighted by Gasteiger charge is 2.41. The summed E-state index contributed by atoms with van der Waals surface area (Å²) in [5.41, 5.74) is 3.66. The Morgan fingerprint density at radius 2 is 2.12 bits per heavy atom. The lowest BCUT2D eigenvalue weighted by Crippen LogP contribution is -1.96. The number of thiazole rings is 1. The van der Waals surface area contributed by atoms with Gasteiger partial charge in [0.1, 0.15) is 5.15 Å². The highest BCUT2D eigenvalue weighted by atomic mass is 35.5. The van der Waals surface area contributed by atoms with Gasteiger partial charge in [-0.15, -0.1) is 11.3 Å². The molecule has 3 aromatic heterocycles. The van der Waals surface area contributed by atoms with Gasteiger partial charge in [-0.25, -0.2) is 23.3 Å². The molecule has 126 valence electrons. The van der Waals surface area contributed by atoms with Crippen molar-refractivity contribution < 1.29 is 8.78 Å². The minimum absolute atomic E-state index is 0.125. The van der Waals surface area contributed by atoms with Crippen molar-refractivity contribution in [3.8, 4) is 0 Å². The van der Waals surface area contributed by atoms with E-state index in [1.165, 1.54) is 0 Å². The lowest BCUT2D eigenvalue weighted by atomic mass is 10.1. The monoisotopic (exact) mass is 376 g/mol. The molecule has 2 atom stereocenters. The topological polar surface area (TPSA) is 43.1 Å². The van der Waals surface area contributed by atoms with Crippen LogP contribution in [-0.4, -0.2) is 19.6 Å². The van der Waals surface area contributed by atoms with Crippen LogP contribution in [0.15, 0.2) is 36.7 Å². The van der Waals surface area contributed by atoms with Crippen LogP contribution in [-0.2, 0) is 0 Å². The van der Waals surface area contributed by atoms with Crippen LogP contribution in [0.25, 0.3) is 15.9 Å². The summed E-state index contributed by atoms with van der Waals surface area (Å²) in [6, 6.07) is 7.66. The molecule has 1 aliphatic carbocycles. The Labute approximate surface area is 150 Å². The summed E-state index contributed by atoms with van der Waals surface area (Å²) < 4.78 is 28.2. The van der Waals surface area contributed by atoms with Crippen molar-refractivity contribution in [3.63, 3.8) is 0 Å². The average molecular weight is 377 g/mol. The first kappa shape index (κ1) is 15.2. The van der Waals surface area contributed by atoms with Crippen LogP contribution >= 0.6 is 22.9 Å². The van der Waals surface area contributed by atoms with Crippen molar-refractivity contribution in [1.82, 2.24) is 19.6 Å². The van der Waals surface area contributed by atoms with Crippen LogP contribution < -0.4 is 0 Å². The molecule has 25 heavy (non-hydrogen) atoms. The number of hydrogen-bond acceptors (Lipinski definition) is 4. The lowest BCUT2D eigenvalue weighted by molar-refractivity contribution is 0.151. The molecule has 0 unspecified atom stereocenters. The average Bonchev–Trinajstić information content (AvgIpc) is 3.03. The second-order valence-corrected chi connectivity index (χ2v) is 7.60. The van der Waals surface area contributed by atoms with Gasteiger partial charge < -0.3 is 0 Å². The summed E-state index contributed by atoms with van der Waals surface area (Å²) in [7, 11) is 0. The molecule has 1 aliphatic rings. The van der Waals surface area contributed by atoms with Gasteiger partial charge in [0, 0.05) is 18.0 Å². The lowest BCUT2D eigenvalue weighted by Gasteiger charge is -2.04. The van der Waals surface area contributed by atoms with E-state index >= 15 is 0 Å². The standard InChI is InChI=1S/C17H11ClF2N4S/c18-14-7-11(16-21-3-4-24(16)23-14)10-6-9(10)8-1-2-12-13(5-8)25-17(22-12)15(19)20/h1-5,7,9-10,15H,6H2/t9-,10-/m0/s1. The molecule has 1 saturated carbocycles. The predicted octanol–water partition coefficient (Wildman–Crippen LogP) is 5.20. The summed E-state index contributed by atoms with van der Waals surface area (Å²) in [6.45, 7) is 0. The van der Waals surface area contributed by atoms with Crippen LogP contribution in [0.4, 0.5) is 8.78 Å². The van der Waals surface area contributed by atoms with Crippen LogP contribution in [0.2, 0.25) is 5.15 Å². The van der Waals surface area contributed by atoms with E-state index in [4.69, 9.17) is 11.6 Å². The first-order valence-corrected chi connectivity index (χ1v) is 8.98. The second-order valence-electron chi connectivity index (χ2n) is 6.15. The number of aromatic nitrogens is 4. The third kappa shape index (κ3) is 2.49. The highest BCUT2D eigenvalue weighted by molar-refractivity contribution is 7.18. The maximum Gasteiger partial charge on any atom is 0.289 e. The Morgan fingerprint density at radius 1 is 1.24 bits per heavy atom. The van der Waals surface area contributed by atoms with Crippen molar-refractivity contribution in [2.45, 2.75) is 24.7 Å². The molecule has 8 heteroatoms. The van der Waals surface area contributed by atoms with Crippen molar-refractivity contribution >= 4 is 38.8 Å². The normalized spacial score (nSPS) is 20.0. The summed E-state index contributed by atoms with van der Waals surface area (Å²) in [6.07, 6.45) is 1.93. The van der Waals surface area contributed by atoms with E-state index in [-0.39, 0.29) is 5.01 Å². The molecule has 0 bridgehead atoms. The van der Waals surface area contributed by atoms with E-state index in [2.05, 4.69) is 15.1 Å².